The van der Waals surface area contributed by atoms with Crippen molar-refractivity contribution >= 4 is 17.8 Å². The third-order valence-corrected chi connectivity index (χ3v) is 3.51. The van der Waals surface area contributed by atoms with Gasteiger partial charge in [0.2, 0.25) is 11.8 Å². The Morgan fingerprint density at radius 1 is 1.04 bits per heavy atom. The van der Waals surface area contributed by atoms with Crippen molar-refractivity contribution in [3.8, 4) is 0 Å². The first-order chi connectivity index (χ1) is 10.7. The maximum atomic E-state index is 11.7. The van der Waals surface area contributed by atoms with Crippen LogP contribution in [0.2, 0.25) is 0 Å². The summed E-state index contributed by atoms with van der Waals surface area (Å²) in [5.41, 5.74) is 1.20. The van der Waals surface area contributed by atoms with E-state index in [1.54, 1.807) is 0 Å². The SMILES string of the molecule is Cc1ccc(CCC(=O)NCC(=O)NCC(C)(C)C(=O)O)cc1. The summed E-state index contributed by atoms with van der Waals surface area (Å²) in [6.07, 6.45) is 0.913. The highest BCUT2D eigenvalue weighted by molar-refractivity contribution is 5.85. The van der Waals surface area contributed by atoms with Crippen molar-refractivity contribution in [1.82, 2.24) is 10.6 Å². The summed E-state index contributed by atoms with van der Waals surface area (Å²) in [5.74, 6) is -1.60. The molecule has 0 aliphatic heterocycles. The van der Waals surface area contributed by atoms with Crippen molar-refractivity contribution in [3.05, 3.63) is 35.4 Å². The van der Waals surface area contributed by atoms with Crippen LogP contribution in [0.1, 0.15) is 31.4 Å². The first kappa shape index (κ1) is 18.7. The number of nitrogens with one attached hydrogen (secondary N) is 2. The molecule has 0 saturated carbocycles. The van der Waals surface area contributed by atoms with Crippen molar-refractivity contribution in [2.24, 2.45) is 5.41 Å². The third kappa shape index (κ3) is 6.95. The Morgan fingerprint density at radius 2 is 1.65 bits per heavy atom. The second-order valence-electron chi connectivity index (χ2n) is 6.23. The van der Waals surface area contributed by atoms with Crippen LogP contribution in [0.5, 0.6) is 0 Å². The van der Waals surface area contributed by atoms with Crippen LogP contribution < -0.4 is 10.6 Å². The highest BCUT2D eigenvalue weighted by atomic mass is 16.4. The lowest BCUT2D eigenvalue weighted by atomic mass is 9.94. The van der Waals surface area contributed by atoms with Gasteiger partial charge in [0.05, 0.1) is 12.0 Å². The summed E-state index contributed by atoms with van der Waals surface area (Å²) < 4.78 is 0. The number of aliphatic carboxylic acids is 1. The number of hydrogen-bond acceptors (Lipinski definition) is 3. The van der Waals surface area contributed by atoms with Crippen LogP contribution in [0.15, 0.2) is 24.3 Å². The van der Waals surface area contributed by atoms with E-state index < -0.39 is 17.3 Å². The summed E-state index contributed by atoms with van der Waals surface area (Å²) in [5, 5.41) is 14.0. The molecule has 2 amide bonds. The van der Waals surface area contributed by atoms with Crippen molar-refractivity contribution in [2.45, 2.75) is 33.6 Å². The van der Waals surface area contributed by atoms with E-state index >= 15 is 0 Å². The number of benzene rings is 1. The number of hydrogen-bond donors (Lipinski definition) is 3. The van der Waals surface area contributed by atoms with Crippen LogP contribution in [0, 0.1) is 12.3 Å². The molecule has 3 N–H and O–H groups in total. The van der Waals surface area contributed by atoms with Crippen LogP contribution in [-0.2, 0) is 20.8 Å². The smallest absolute Gasteiger partial charge is 0.310 e. The highest BCUT2D eigenvalue weighted by Crippen LogP contribution is 2.12. The highest BCUT2D eigenvalue weighted by Gasteiger charge is 2.27. The van der Waals surface area contributed by atoms with Gasteiger partial charge in [-0.1, -0.05) is 29.8 Å². The fraction of sp³-hybridized carbons (Fsp3) is 0.471. The number of aryl methyl sites for hydroxylation is 2. The number of carbonyl (C=O) groups excluding carboxylic acids is 2. The van der Waals surface area contributed by atoms with E-state index in [9.17, 15) is 14.4 Å². The molecule has 0 radical (unpaired) electrons. The predicted molar refractivity (Wildman–Crippen MR) is 86.9 cm³/mol. The van der Waals surface area contributed by atoms with E-state index in [-0.39, 0.29) is 19.0 Å². The fourth-order valence-electron chi connectivity index (χ4n) is 1.74. The topological polar surface area (TPSA) is 95.5 Å². The quantitative estimate of drug-likeness (QED) is 0.672. The third-order valence-electron chi connectivity index (χ3n) is 3.51. The monoisotopic (exact) mass is 320 g/mol. The summed E-state index contributed by atoms with van der Waals surface area (Å²) in [6, 6.07) is 7.93. The molecule has 0 saturated heterocycles. The van der Waals surface area contributed by atoms with Crippen molar-refractivity contribution < 1.29 is 19.5 Å². The molecule has 126 valence electrons. The lowest BCUT2D eigenvalue weighted by Crippen LogP contribution is -2.43. The van der Waals surface area contributed by atoms with E-state index in [1.165, 1.54) is 19.4 Å². The normalized spacial score (nSPS) is 10.9. The number of carbonyl (C=O) groups is 3. The largest absolute Gasteiger partial charge is 0.481 e. The molecule has 0 spiro atoms. The Morgan fingerprint density at radius 3 is 2.22 bits per heavy atom. The molecule has 0 atom stereocenters. The van der Waals surface area contributed by atoms with Gasteiger partial charge < -0.3 is 15.7 Å². The maximum Gasteiger partial charge on any atom is 0.310 e. The lowest BCUT2D eigenvalue weighted by molar-refractivity contribution is -0.146. The Hall–Kier alpha value is -2.37. The summed E-state index contributed by atoms with van der Waals surface area (Å²) in [7, 11) is 0. The van der Waals surface area contributed by atoms with Gasteiger partial charge in [-0.2, -0.15) is 0 Å². The van der Waals surface area contributed by atoms with Crippen LogP contribution in [0.3, 0.4) is 0 Å². The van der Waals surface area contributed by atoms with Crippen molar-refractivity contribution in [3.63, 3.8) is 0 Å². The molecule has 6 nitrogen and oxygen atoms in total. The zero-order valence-corrected chi connectivity index (χ0v) is 13.8. The molecule has 6 heteroatoms. The van der Waals surface area contributed by atoms with E-state index in [1.807, 2.05) is 31.2 Å². The second kappa shape index (κ2) is 8.31. The molecule has 0 aliphatic carbocycles. The molecule has 1 aromatic rings. The van der Waals surface area contributed by atoms with Crippen LogP contribution >= 0.6 is 0 Å². The molecule has 0 unspecified atom stereocenters. The average Bonchev–Trinajstić information content (AvgIpc) is 2.50. The first-order valence-corrected chi connectivity index (χ1v) is 7.53. The van der Waals surface area contributed by atoms with Gasteiger partial charge in [0, 0.05) is 13.0 Å². The number of carboxylic acids is 1. The molecule has 0 bridgehead atoms. The second-order valence-corrected chi connectivity index (χ2v) is 6.23. The van der Waals surface area contributed by atoms with Crippen LogP contribution in [-0.4, -0.2) is 36.0 Å². The summed E-state index contributed by atoms with van der Waals surface area (Å²) in [4.78, 5) is 34.2. The Labute approximate surface area is 136 Å². The Balaban J connectivity index is 2.26. The summed E-state index contributed by atoms with van der Waals surface area (Å²) >= 11 is 0. The standard InChI is InChI=1S/C17H24N2O4/c1-12-4-6-13(7-5-12)8-9-14(20)18-10-15(21)19-11-17(2,3)16(22)23/h4-7H,8-11H2,1-3H3,(H,18,20)(H,19,21)(H,22,23). The lowest BCUT2D eigenvalue weighted by Gasteiger charge is -2.19. The van der Waals surface area contributed by atoms with Gasteiger partial charge in [-0.15, -0.1) is 0 Å². The van der Waals surface area contributed by atoms with E-state index in [0.717, 1.165) is 5.56 Å². The maximum absolute atomic E-state index is 11.7. The van der Waals surface area contributed by atoms with Gasteiger partial charge in [-0.25, -0.2) is 0 Å². The molecule has 0 aromatic heterocycles. The zero-order chi connectivity index (χ0) is 17.5. The molecule has 0 heterocycles. The van der Waals surface area contributed by atoms with Gasteiger partial charge in [-0.05, 0) is 32.8 Å². The molecule has 0 aliphatic rings. The van der Waals surface area contributed by atoms with Gasteiger partial charge in [0.15, 0.2) is 0 Å². The molecule has 23 heavy (non-hydrogen) atoms. The van der Waals surface area contributed by atoms with E-state index in [0.29, 0.717) is 12.8 Å². The minimum Gasteiger partial charge on any atom is -0.481 e. The molecule has 1 rings (SSSR count). The molecular formula is C17H24N2O4. The van der Waals surface area contributed by atoms with E-state index in [4.69, 9.17) is 5.11 Å². The van der Waals surface area contributed by atoms with Crippen molar-refractivity contribution in [2.75, 3.05) is 13.1 Å². The average molecular weight is 320 g/mol. The first-order valence-electron chi connectivity index (χ1n) is 7.53. The van der Waals surface area contributed by atoms with Gasteiger partial charge in [0.1, 0.15) is 0 Å². The molecule has 1 aromatic carbocycles. The number of amides is 2. The summed E-state index contributed by atoms with van der Waals surface area (Å²) in [6.45, 7) is 4.91. The minimum atomic E-state index is -1.04. The predicted octanol–water partition coefficient (Wildman–Crippen LogP) is 1.27. The van der Waals surface area contributed by atoms with Crippen LogP contribution in [0.4, 0.5) is 0 Å². The number of carboxylic acid groups (broad SMARTS) is 1. The Bertz CT molecular complexity index is 564. The van der Waals surface area contributed by atoms with Gasteiger partial charge in [-0.3, -0.25) is 14.4 Å². The van der Waals surface area contributed by atoms with Crippen molar-refractivity contribution in [1.29, 1.82) is 0 Å². The minimum absolute atomic E-state index is 0.0143. The molecule has 0 fully saturated rings. The van der Waals surface area contributed by atoms with Gasteiger partial charge in [0.25, 0.3) is 0 Å². The Kier molecular flexibility index (Phi) is 6.75. The molecular weight excluding hydrogens is 296 g/mol. The fourth-order valence-corrected chi connectivity index (χ4v) is 1.74. The van der Waals surface area contributed by atoms with Crippen LogP contribution in [0.25, 0.3) is 0 Å². The zero-order valence-electron chi connectivity index (χ0n) is 13.8. The van der Waals surface area contributed by atoms with Gasteiger partial charge >= 0.3 is 5.97 Å². The van der Waals surface area contributed by atoms with E-state index in [2.05, 4.69) is 10.6 Å². The number of rotatable bonds is 8.